The third kappa shape index (κ3) is 4.59. The zero-order valence-electron chi connectivity index (χ0n) is 17.6. The number of rotatable bonds is 6. The van der Waals surface area contributed by atoms with Gasteiger partial charge < -0.3 is 15.4 Å². The highest BCUT2D eigenvalue weighted by Gasteiger charge is 2.39. The molecule has 0 aliphatic carbocycles. The lowest BCUT2D eigenvalue weighted by molar-refractivity contribution is -0.120. The van der Waals surface area contributed by atoms with Gasteiger partial charge >= 0.3 is 0 Å². The summed E-state index contributed by atoms with van der Waals surface area (Å²) in [7, 11) is 1.51. The fourth-order valence-corrected chi connectivity index (χ4v) is 3.81. The summed E-state index contributed by atoms with van der Waals surface area (Å²) in [6, 6.07) is 17.6. The first-order chi connectivity index (χ1) is 16.3. The lowest BCUT2D eigenvalue weighted by atomic mass is 10.1. The Hall–Kier alpha value is -3.52. The van der Waals surface area contributed by atoms with E-state index >= 15 is 0 Å². The molecule has 0 radical (unpaired) electrons. The quantitative estimate of drug-likeness (QED) is 0.411. The van der Waals surface area contributed by atoms with Gasteiger partial charge in [0.2, 0.25) is 0 Å². The van der Waals surface area contributed by atoms with Crippen LogP contribution < -0.4 is 20.3 Å². The first-order valence-electron chi connectivity index (χ1n) is 9.85. The third-order valence-electron chi connectivity index (χ3n) is 4.95. The van der Waals surface area contributed by atoms with Gasteiger partial charge in [0, 0.05) is 11.3 Å². The Balaban J connectivity index is 1.54. The number of amides is 3. The summed E-state index contributed by atoms with van der Waals surface area (Å²) in [6.45, 7) is 0. The number of nitrogens with zero attached hydrogens (tertiary/aromatic N) is 1. The number of halogens is 3. The highest BCUT2D eigenvalue weighted by molar-refractivity contribution is 6.53. The van der Waals surface area contributed by atoms with Gasteiger partial charge in [0.05, 0.1) is 28.5 Å². The highest BCUT2D eigenvalue weighted by atomic mass is 35.5. The number of ether oxygens (including phenoxy) is 1. The van der Waals surface area contributed by atoms with Crippen molar-refractivity contribution in [2.45, 2.75) is 0 Å². The van der Waals surface area contributed by atoms with Crippen molar-refractivity contribution in [1.29, 1.82) is 0 Å². The molecule has 3 aromatic carbocycles. The molecular weight excluding hydrogens is 501 g/mol. The molecule has 3 aromatic rings. The van der Waals surface area contributed by atoms with Crippen LogP contribution in [0.4, 0.5) is 17.1 Å². The number of anilines is 3. The van der Waals surface area contributed by atoms with Gasteiger partial charge in [0.25, 0.3) is 17.7 Å². The van der Waals surface area contributed by atoms with Gasteiger partial charge in [-0.3, -0.25) is 14.4 Å². The van der Waals surface area contributed by atoms with Gasteiger partial charge in [0.15, 0.2) is 0 Å². The van der Waals surface area contributed by atoms with E-state index in [0.29, 0.717) is 27.8 Å². The molecule has 2 N–H and O–H groups in total. The number of benzene rings is 3. The third-order valence-corrected chi connectivity index (χ3v) is 6.12. The molecule has 0 bridgehead atoms. The molecule has 34 heavy (non-hydrogen) atoms. The zero-order valence-corrected chi connectivity index (χ0v) is 19.8. The van der Waals surface area contributed by atoms with Crippen LogP contribution in [0.1, 0.15) is 10.4 Å². The Morgan fingerprint density at radius 3 is 2.32 bits per heavy atom. The minimum atomic E-state index is -0.663. The Bertz CT molecular complexity index is 1340. The Morgan fingerprint density at radius 2 is 1.62 bits per heavy atom. The summed E-state index contributed by atoms with van der Waals surface area (Å²) in [5.41, 5.74) is 1.27. The summed E-state index contributed by atoms with van der Waals surface area (Å²) in [6.07, 6.45) is 0. The molecule has 0 atom stereocenters. The van der Waals surface area contributed by atoms with E-state index in [-0.39, 0.29) is 21.3 Å². The summed E-state index contributed by atoms with van der Waals surface area (Å²) in [5.74, 6) is -1.15. The summed E-state index contributed by atoms with van der Waals surface area (Å²) in [4.78, 5) is 39.3. The molecule has 0 aromatic heterocycles. The van der Waals surface area contributed by atoms with Gasteiger partial charge in [-0.05, 0) is 54.6 Å². The summed E-state index contributed by atoms with van der Waals surface area (Å²) in [5, 5.41) is 5.81. The van der Waals surface area contributed by atoms with Crippen LogP contribution in [0.5, 0.6) is 5.75 Å². The Morgan fingerprint density at radius 1 is 0.912 bits per heavy atom. The van der Waals surface area contributed by atoms with Crippen LogP contribution >= 0.6 is 34.8 Å². The normalized spacial score (nSPS) is 13.4. The van der Waals surface area contributed by atoms with E-state index < -0.39 is 17.7 Å². The average molecular weight is 517 g/mol. The predicted octanol–water partition coefficient (Wildman–Crippen LogP) is 5.69. The van der Waals surface area contributed by atoms with Crippen molar-refractivity contribution >= 4 is 69.6 Å². The van der Waals surface area contributed by atoms with Gasteiger partial charge in [-0.25, -0.2) is 4.90 Å². The maximum atomic E-state index is 13.0. The number of nitrogens with one attached hydrogen (secondary N) is 2. The van der Waals surface area contributed by atoms with E-state index in [1.54, 1.807) is 60.7 Å². The second-order valence-electron chi connectivity index (χ2n) is 7.09. The Kier molecular flexibility index (Phi) is 6.79. The van der Waals surface area contributed by atoms with Crippen molar-refractivity contribution in [2.24, 2.45) is 0 Å². The van der Waals surface area contributed by atoms with Crippen molar-refractivity contribution < 1.29 is 19.1 Å². The van der Waals surface area contributed by atoms with Crippen LogP contribution in [0.3, 0.4) is 0 Å². The molecule has 172 valence electrons. The summed E-state index contributed by atoms with van der Waals surface area (Å²) < 4.78 is 5.10. The average Bonchev–Trinajstić information content (AvgIpc) is 3.05. The number of hydrogen-bond acceptors (Lipinski definition) is 5. The van der Waals surface area contributed by atoms with Gasteiger partial charge in [-0.1, -0.05) is 46.9 Å². The molecule has 7 nitrogen and oxygen atoms in total. The largest absolute Gasteiger partial charge is 0.497 e. The second-order valence-corrected chi connectivity index (χ2v) is 8.26. The predicted molar refractivity (Wildman–Crippen MR) is 133 cm³/mol. The minimum absolute atomic E-state index is 0.0991. The van der Waals surface area contributed by atoms with Crippen LogP contribution in [-0.4, -0.2) is 24.8 Å². The molecule has 10 heteroatoms. The smallest absolute Gasteiger partial charge is 0.283 e. The first kappa shape index (κ1) is 23.6. The monoisotopic (exact) mass is 515 g/mol. The lowest BCUT2D eigenvalue weighted by Crippen LogP contribution is -2.32. The van der Waals surface area contributed by atoms with E-state index in [2.05, 4.69) is 10.6 Å². The number of methoxy groups -OCH3 is 1. The van der Waals surface area contributed by atoms with Gasteiger partial charge in [-0.2, -0.15) is 0 Å². The first-order valence-corrected chi connectivity index (χ1v) is 11.0. The van der Waals surface area contributed by atoms with Crippen molar-refractivity contribution in [3.05, 3.63) is 93.1 Å². The maximum absolute atomic E-state index is 13.0. The minimum Gasteiger partial charge on any atom is -0.497 e. The van der Waals surface area contributed by atoms with Crippen LogP contribution in [0.2, 0.25) is 10.0 Å². The van der Waals surface area contributed by atoms with Gasteiger partial charge in [-0.15, -0.1) is 0 Å². The van der Waals surface area contributed by atoms with E-state index in [1.807, 2.05) is 0 Å². The van der Waals surface area contributed by atoms with E-state index in [0.717, 1.165) is 4.90 Å². The molecule has 3 amide bonds. The molecule has 0 fully saturated rings. The number of carbonyl (C=O) groups excluding carboxylic acids is 3. The SMILES string of the molecule is COc1ccc(N2C(=O)C(Cl)=C(Nc3cccc(C(=O)Nc4cccc(Cl)c4Cl)c3)C2=O)cc1. The van der Waals surface area contributed by atoms with E-state index in [4.69, 9.17) is 39.5 Å². The second kappa shape index (κ2) is 9.77. The Labute approximate surface area is 209 Å². The van der Waals surface area contributed by atoms with Crippen molar-refractivity contribution in [2.75, 3.05) is 22.6 Å². The zero-order chi connectivity index (χ0) is 24.4. The fraction of sp³-hybridized carbons (Fsp3) is 0.0417. The molecule has 1 aliphatic rings. The number of imide groups is 1. The molecule has 4 rings (SSSR count). The van der Waals surface area contributed by atoms with E-state index in [9.17, 15) is 14.4 Å². The van der Waals surface area contributed by atoms with Crippen molar-refractivity contribution in [3.63, 3.8) is 0 Å². The highest BCUT2D eigenvalue weighted by Crippen LogP contribution is 2.32. The number of carbonyl (C=O) groups is 3. The number of hydrogen-bond donors (Lipinski definition) is 2. The molecule has 1 heterocycles. The van der Waals surface area contributed by atoms with Crippen molar-refractivity contribution in [1.82, 2.24) is 0 Å². The van der Waals surface area contributed by atoms with Crippen LogP contribution in [0.25, 0.3) is 0 Å². The molecule has 1 aliphatic heterocycles. The van der Waals surface area contributed by atoms with Crippen LogP contribution in [-0.2, 0) is 9.59 Å². The maximum Gasteiger partial charge on any atom is 0.283 e. The fourth-order valence-electron chi connectivity index (χ4n) is 3.25. The van der Waals surface area contributed by atoms with E-state index in [1.165, 1.54) is 13.2 Å². The molecule has 0 unspecified atom stereocenters. The standard InChI is InChI=1S/C24H16Cl3N3O4/c1-34-16-10-8-15(9-11-16)30-23(32)20(27)21(24(30)33)28-14-5-2-4-13(12-14)22(31)29-18-7-3-6-17(25)19(18)26/h2-12,28H,1H3,(H,29,31). The lowest BCUT2D eigenvalue weighted by Gasteiger charge is -2.15. The topological polar surface area (TPSA) is 87.7 Å². The van der Waals surface area contributed by atoms with Gasteiger partial charge in [0.1, 0.15) is 16.5 Å². The van der Waals surface area contributed by atoms with Crippen LogP contribution in [0.15, 0.2) is 77.5 Å². The van der Waals surface area contributed by atoms with Crippen LogP contribution in [0, 0.1) is 0 Å². The summed E-state index contributed by atoms with van der Waals surface area (Å²) >= 11 is 18.3. The molecule has 0 spiro atoms. The molecule has 0 saturated carbocycles. The molecule has 0 saturated heterocycles. The van der Waals surface area contributed by atoms with Crippen molar-refractivity contribution in [3.8, 4) is 5.75 Å². The molecular formula is C24H16Cl3N3O4.